The van der Waals surface area contributed by atoms with Gasteiger partial charge in [0, 0.05) is 6.04 Å². The number of hydrogen-bond acceptors (Lipinski definition) is 3. The van der Waals surface area contributed by atoms with Crippen molar-refractivity contribution in [3.8, 4) is 5.75 Å². The van der Waals surface area contributed by atoms with E-state index in [1.165, 1.54) is 0 Å². The molecule has 2 unspecified atom stereocenters. The summed E-state index contributed by atoms with van der Waals surface area (Å²) in [5.74, 6) is 0.726. The van der Waals surface area contributed by atoms with Crippen LogP contribution >= 0.6 is 11.6 Å². The Bertz CT molecular complexity index is 419. The predicted molar refractivity (Wildman–Crippen MR) is 79.9 cm³/mol. The van der Waals surface area contributed by atoms with Crippen LogP contribution in [0.5, 0.6) is 5.75 Å². The Morgan fingerprint density at radius 2 is 2.00 bits per heavy atom. The maximum absolute atomic E-state index is 10.1. The number of hydrogen-bond donors (Lipinski definition) is 2. The molecule has 4 heteroatoms. The van der Waals surface area contributed by atoms with Gasteiger partial charge >= 0.3 is 0 Å². The summed E-state index contributed by atoms with van der Waals surface area (Å²) in [5.41, 5.74) is 0.246. The molecule has 0 radical (unpaired) electrons. The van der Waals surface area contributed by atoms with Crippen LogP contribution in [-0.4, -0.2) is 24.4 Å². The average Bonchev–Trinajstić information content (AvgIpc) is 2.36. The zero-order valence-electron chi connectivity index (χ0n) is 12.3. The van der Waals surface area contributed by atoms with Gasteiger partial charge in [0.05, 0.1) is 10.6 Å². The first-order valence-corrected chi connectivity index (χ1v) is 6.97. The molecule has 19 heavy (non-hydrogen) atoms. The SMILES string of the molecule is CNC(C)c1ccc(OCC(C)(O)C(C)C)c(Cl)c1. The summed E-state index contributed by atoms with van der Waals surface area (Å²) in [5, 5.41) is 13.9. The van der Waals surface area contributed by atoms with Gasteiger partial charge < -0.3 is 15.2 Å². The molecule has 1 aromatic carbocycles. The van der Waals surface area contributed by atoms with Crippen LogP contribution in [0.25, 0.3) is 0 Å². The van der Waals surface area contributed by atoms with Gasteiger partial charge in [-0.05, 0) is 44.5 Å². The van der Waals surface area contributed by atoms with Gasteiger partial charge in [0.25, 0.3) is 0 Å². The Balaban J connectivity index is 2.76. The summed E-state index contributed by atoms with van der Waals surface area (Å²) in [6, 6.07) is 5.96. The van der Waals surface area contributed by atoms with Gasteiger partial charge in [0.15, 0.2) is 0 Å². The first-order valence-electron chi connectivity index (χ1n) is 6.60. The summed E-state index contributed by atoms with van der Waals surface area (Å²) in [7, 11) is 1.91. The topological polar surface area (TPSA) is 41.5 Å². The number of aliphatic hydroxyl groups is 1. The van der Waals surface area contributed by atoms with Crippen LogP contribution in [0.15, 0.2) is 18.2 Å². The normalized spacial score (nSPS) is 16.2. The molecule has 0 heterocycles. The molecule has 0 aliphatic rings. The number of rotatable bonds is 6. The van der Waals surface area contributed by atoms with E-state index in [1.807, 2.05) is 39.1 Å². The highest BCUT2D eigenvalue weighted by Gasteiger charge is 2.26. The van der Waals surface area contributed by atoms with Crippen LogP contribution in [0.3, 0.4) is 0 Å². The van der Waals surface area contributed by atoms with E-state index in [1.54, 1.807) is 6.92 Å². The Hall–Kier alpha value is -0.770. The van der Waals surface area contributed by atoms with Crippen molar-refractivity contribution in [1.82, 2.24) is 5.32 Å². The minimum atomic E-state index is -0.861. The first-order chi connectivity index (χ1) is 8.77. The molecule has 2 N–H and O–H groups in total. The van der Waals surface area contributed by atoms with Gasteiger partial charge in [0.2, 0.25) is 0 Å². The Morgan fingerprint density at radius 3 is 2.47 bits per heavy atom. The van der Waals surface area contributed by atoms with Gasteiger partial charge in [-0.1, -0.05) is 31.5 Å². The zero-order chi connectivity index (χ0) is 14.6. The zero-order valence-corrected chi connectivity index (χ0v) is 13.1. The van der Waals surface area contributed by atoms with E-state index in [9.17, 15) is 5.11 Å². The van der Waals surface area contributed by atoms with Gasteiger partial charge in [-0.15, -0.1) is 0 Å². The molecule has 0 spiro atoms. The molecular formula is C15H24ClNO2. The minimum Gasteiger partial charge on any atom is -0.489 e. The van der Waals surface area contributed by atoms with E-state index in [2.05, 4.69) is 12.2 Å². The van der Waals surface area contributed by atoms with Gasteiger partial charge in [-0.3, -0.25) is 0 Å². The maximum atomic E-state index is 10.1. The quantitative estimate of drug-likeness (QED) is 0.842. The summed E-state index contributed by atoms with van der Waals surface area (Å²) in [4.78, 5) is 0. The molecule has 108 valence electrons. The standard InChI is InChI=1S/C15H24ClNO2/c1-10(2)15(4,18)9-19-14-7-6-12(8-13(14)16)11(3)17-5/h6-8,10-11,17-18H,9H2,1-5H3. The predicted octanol–water partition coefficient (Wildman–Crippen LogP) is 3.41. The average molecular weight is 286 g/mol. The van der Waals surface area contributed by atoms with Crippen molar-refractivity contribution in [2.75, 3.05) is 13.7 Å². The molecule has 0 aliphatic heterocycles. The van der Waals surface area contributed by atoms with E-state index in [-0.39, 0.29) is 18.6 Å². The van der Waals surface area contributed by atoms with Crippen LogP contribution < -0.4 is 10.1 Å². The lowest BCUT2D eigenvalue weighted by atomic mass is 9.94. The highest BCUT2D eigenvalue weighted by atomic mass is 35.5. The molecule has 2 atom stereocenters. The summed E-state index contributed by atoms with van der Waals surface area (Å²) >= 11 is 6.20. The third kappa shape index (κ3) is 4.37. The van der Waals surface area contributed by atoms with Gasteiger partial charge in [-0.25, -0.2) is 0 Å². The molecule has 1 rings (SSSR count). The summed E-state index contributed by atoms with van der Waals surface area (Å²) < 4.78 is 5.63. The second-order valence-electron chi connectivity index (χ2n) is 5.50. The highest BCUT2D eigenvalue weighted by molar-refractivity contribution is 6.32. The van der Waals surface area contributed by atoms with Crippen LogP contribution in [0.1, 0.15) is 39.3 Å². The first kappa shape index (κ1) is 16.3. The van der Waals surface area contributed by atoms with Crippen molar-refractivity contribution in [2.24, 2.45) is 5.92 Å². The van der Waals surface area contributed by atoms with Gasteiger partial charge in [-0.2, -0.15) is 0 Å². The Morgan fingerprint density at radius 1 is 1.37 bits per heavy atom. The van der Waals surface area contributed by atoms with E-state index >= 15 is 0 Å². The molecule has 0 aliphatic carbocycles. The summed E-state index contributed by atoms with van der Waals surface area (Å²) in [6.45, 7) is 7.98. The van der Waals surface area contributed by atoms with Gasteiger partial charge in [0.1, 0.15) is 12.4 Å². The van der Waals surface area contributed by atoms with Crippen LogP contribution in [0.4, 0.5) is 0 Å². The fourth-order valence-corrected chi connectivity index (χ4v) is 1.70. The van der Waals surface area contributed by atoms with Crippen molar-refractivity contribution in [2.45, 2.75) is 39.3 Å². The number of halogens is 1. The lowest BCUT2D eigenvalue weighted by Crippen LogP contribution is -2.37. The van der Waals surface area contributed by atoms with Crippen LogP contribution in [0.2, 0.25) is 5.02 Å². The van der Waals surface area contributed by atoms with Crippen molar-refractivity contribution in [3.63, 3.8) is 0 Å². The van der Waals surface area contributed by atoms with Crippen molar-refractivity contribution in [1.29, 1.82) is 0 Å². The van der Waals surface area contributed by atoms with Crippen molar-refractivity contribution >= 4 is 11.6 Å². The lowest BCUT2D eigenvalue weighted by molar-refractivity contribution is -0.0266. The molecular weight excluding hydrogens is 262 g/mol. The third-order valence-electron chi connectivity index (χ3n) is 3.65. The molecule has 1 aromatic rings. The second-order valence-corrected chi connectivity index (χ2v) is 5.91. The molecule has 3 nitrogen and oxygen atoms in total. The highest BCUT2D eigenvalue weighted by Crippen LogP contribution is 2.29. The van der Waals surface area contributed by atoms with Crippen LogP contribution in [-0.2, 0) is 0 Å². The monoisotopic (exact) mass is 285 g/mol. The van der Waals surface area contributed by atoms with E-state index in [4.69, 9.17) is 16.3 Å². The molecule has 0 saturated heterocycles. The van der Waals surface area contributed by atoms with Crippen molar-refractivity contribution < 1.29 is 9.84 Å². The number of nitrogens with one attached hydrogen (secondary N) is 1. The minimum absolute atomic E-state index is 0.120. The summed E-state index contributed by atoms with van der Waals surface area (Å²) in [6.07, 6.45) is 0. The molecule has 0 fully saturated rings. The van der Waals surface area contributed by atoms with E-state index in [0.29, 0.717) is 10.8 Å². The molecule has 0 bridgehead atoms. The number of ether oxygens (including phenoxy) is 1. The third-order valence-corrected chi connectivity index (χ3v) is 3.95. The number of benzene rings is 1. The second kappa shape index (κ2) is 6.60. The van der Waals surface area contributed by atoms with Crippen molar-refractivity contribution in [3.05, 3.63) is 28.8 Å². The maximum Gasteiger partial charge on any atom is 0.138 e. The largest absolute Gasteiger partial charge is 0.489 e. The molecule has 0 saturated carbocycles. The Kier molecular flexibility index (Phi) is 5.65. The smallest absolute Gasteiger partial charge is 0.138 e. The molecule has 0 amide bonds. The van der Waals surface area contributed by atoms with E-state index in [0.717, 1.165) is 5.56 Å². The fourth-order valence-electron chi connectivity index (χ4n) is 1.46. The Labute approximate surface area is 120 Å². The lowest BCUT2D eigenvalue weighted by Gasteiger charge is -2.27. The van der Waals surface area contributed by atoms with Crippen LogP contribution in [0, 0.1) is 5.92 Å². The molecule has 0 aromatic heterocycles. The fraction of sp³-hybridized carbons (Fsp3) is 0.600. The van der Waals surface area contributed by atoms with E-state index < -0.39 is 5.60 Å².